The van der Waals surface area contributed by atoms with Crippen LogP contribution in [0.5, 0.6) is 5.75 Å². The van der Waals surface area contributed by atoms with Crippen LogP contribution in [0.3, 0.4) is 0 Å². The summed E-state index contributed by atoms with van der Waals surface area (Å²) in [5.74, 6) is 0.423. The van der Waals surface area contributed by atoms with Gasteiger partial charge in [0.25, 0.3) is 5.91 Å². The second kappa shape index (κ2) is 7.36. The maximum Gasteiger partial charge on any atom is 0.255 e. The minimum absolute atomic E-state index is 0.205. The van der Waals surface area contributed by atoms with Crippen molar-refractivity contribution in [3.63, 3.8) is 0 Å². The highest BCUT2D eigenvalue weighted by Gasteiger charge is 2.12. The van der Waals surface area contributed by atoms with Gasteiger partial charge in [0, 0.05) is 30.8 Å². The zero-order valence-electron chi connectivity index (χ0n) is 14.6. The first-order valence-electron chi connectivity index (χ1n) is 8.06. The number of benzene rings is 1. The molecule has 0 aliphatic carbocycles. The minimum atomic E-state index is -0.205. The van der Waals surface area contributed by atoms with Gasteiger partial charge in [0.2, 0.25) is 0 Å². The molecule has 6 nitrogen and oxygen atoms in total. The molecule has 0 aliphatic heterocycles. The lowest BCUT2D eigenvalue weighted by atomic mass is 10.2. The van der Waals surface area contributed by atoms with Crippen LogP contribution in [0.15, 0.2) is 42.7 Å². The van der Waals surface area contributed by atoms with Gasteiger partial charge in [0.05, 0.1) is 12.3 Å². The largest absolute Gasteiger partial charge is 0.489 e. The molecule has 1 amide bonds. The van der Waals surface area contributed by atoms with Gasteiger partial charge in [-0.15, -0.1) is 0 Å². The molecular weight excluding hydrogens is 318 g/mol. The zero-order valence-corrected chi connectivity index (χ0v) is 14.6. The number of hydrogen-bond donors (Lipinski definition) is 1. The van der Waals surface area contributed by atoms with Crippen LogP contribution in [0.1, 0.15) is 21.6 Å². The topological polar surface area (TPSA) is 64.9 Å². The fraction of sp³-hybridized carbons (Fsp3) is 0.263. The fourth-order valence-electron chi connectivity index (χ4n) is 2.53. The van der Waals surface area contributed by atoms with Gasteiger partial charge in [-0.3, -0.25) is 4.79 Å². The maximum atomic E-state index is 12.6. The van der Waals surface area contributed by atoms with Crippen LogP contribution in [0.25, 0.3) is 5.65 Å². The monoisotopic (exact) mass is 339 g/mol. The highest BCUT2D eigenvalue weighted by atomic mass is 16.5. The van der Waals surface area contributed by atoms with Gasteiger partial charge in [-0.25, -0.2) is 4.98 Å². The molecule has 0 fully saturated rings. The van der Waals surface area contributed by atoms with E-state index in [1.807, 2.05) is 42.6 Å². The van der Waals surface area contributed by atoms with E-state index in [4.69, 9.17) is 9.47 Å². The number of carbonyl (C=O) groups excluding carboxylic acids is 1. The van der Waals surface area contributed by atoms with Crippen LogP contribution < -0.4 is 10.1 Å². The van der Waals surface area contributed by atoms with Crippen molar-refractivity contribution in [2.75, 3.05) is 25.6 Å². The van der Waals surface area contributed by atoms with E-state index in [0.29, 0.717) is 30.2 Å². The second-order valence-electron chi connectivity index (χ2n) is 5.84. The normalized spacial score (nSPS) is 10.8. The number of nitrogens with one attached hydrogen (secondary N) is 1. The van der Waals surface area contributed by atoms with Crippen LogP contribution in [-0.2, 0) is 4.74 Å². The molecule has 0 saturated heterocycles. The molecule has 0 bridgehead atoms. The van der Waals surface area contributed by atoms with E-state index in [0.717, 1.165) is 16.9 Å². The number of aromatic nitrogens is 2. The summed E-state index contributed by atoms with van der Waals surface area (Å²) in [5.41, 5.74) is 3.99. The SMILES string of the molecule is COCCOc1cc(C)ccc1NC(=O)c1ccn2c(C)cnc2c1. The van der Waals surface area contributed by atoms with E-state index < -0.39 is 0 Å². The maximum absolute atomic E-state index is 12.6. The highest BCUT2D eigenvalue weighted by Crippen LogP contribution is 2.26. The number of imidazole rings is 1. The number of nitrogens with zero attached hydrogens (tertiary/aromatic N) is 2. The van der Waals surface area contributed by atoms with Crippen molar-refractivity contribution in [1.29, 1.82) is 0 Å². The van der Waals surface area contributed by atoms with Crippen LogP contribution >= 0.6 is 0 Å². The third-order valence-electron chi connectivity index (χ3n) is 3.89. The molecule has 0 radical (unpaired) electrons. The summed E-state index contributed by atoms with van der Waals surface area (Å²) in [6.07, 6.45) is 3.62. The average molecular weight is 339 g/mol. The number of carbonyl (C=O) groups is 1. The van der Waals surface area contributed by atoms with Crippen molar-refractivity contribution in [1.82, 2.24) is 9.38 Å². The molecule has 0 aliphatic rings. The molecule has 25 heavy (non-hydrogen) atoms. The Hall–Kier alpha value is -2.86. The number of anilines is 1. The summed E-state index contributed by atoms with van der Waals surface area (Å²) >= 11 is 0. The summed E-state index contributed by atoms with van der Waals surface area (Å²) in [7, 11) is 1.62. The van der Waals surface area contributed by atoms with Crippen molar-refractivity contribution in [3.05, 3.63) is 59.5 Å². The van der Waals surface area contributed by atoms with Crippen molar-refractivity contribution in [3.8, 4) is 5.75 Å². The number of amides is 1. The van der Waals surface area contributed by atoms with Crippen LogP contribution in [0.2, 0.25) is 0 Å². The lowest BCUT2D eigenvalue weighted by molar-refractivity contribution is 0.102. The zero-order chi connectivity index (χ0) is 17.8. The first-order valence-corrected chi connectivity index (χ1v) is 8.06. The van der Waals surface area contributed by atoms with Crippen molar-refractivity contribution < 1.29 is 14.3 Å². The van der Waals surface area contributed by atoms with Gasteiger partial charge in [-0.05, 0) is 43.7 Å². The number of ether oxygens (including phenoxy) is 2. The summed E-state index contributed by atoms with van der Waals surface area (Å²) in [4.78, 5) is 16.9. The minimum Gasteiger partial charge on any atom is -0.489 e. The smallest absolute Gasteiger partial charge is 0.255 e. The molecule has 2 aromatic heterocycles. The van der Waals surface area contributed by atoms with E-state index >= 15 is 0 Å². The summed E-state index contributed by atoms with van der Waals surface area (Å²) < 4.78 is 12.7. The van der Waals surface area contributed by atoms with E-state index in [1.54, 1.807) is 25.4 Å². The molecule has 2 heterocycles. The molecule has 1 N–H and O–H groups in total. The highest BCUT2D eigenvalue weighted by molar-refractivity contribution is 6.05. The van der Waals surface area contributed by atoms with Gasteiger partial charge in [0.15, 0.2) is 0 Å². The number of hydrogen-bond acceptors (Lipinski definition) is 4. The standard InChI is InChI=1S/C19H21N3O3/c1-13-4-5-16(17(10-13)25-9-8-24-3)21-19(23)15-6-7-22-14(2)12-20-18(22)11-15/h4-7,10-12H,8-9H2,1-3H3,(H,21,23). The average Bonchev–Trinajstić information content (AvgIpc) is 2.98. The van der Waals surface area contributed by atoms with E-state index in [2.05, 4.69) is 10.3 Å². The van der Waals surface area contributed by atoms with Gasteiger partial charge in [-0.1, -0.05) is 6.07 Å². The van der Waals surface area contributed by atoms with E-state index in [-0.39, 0.29) is 5.91 Å². The Kier molecular flexibility index (Phi) is 5.00. The molecule has 0 unspecified atom stereocenters. The van der Waals surface area contributed by atoms with Crippen molar-refractivity contribution in [2.45, 2.75) is 13.8 Å². The van der Waals surface area contributed by atoms with E-state index in [9.17, 15) is 4.79 Å². The third kappa shape index (κ3) is 3.80. The van der Waals surface area contributed by atoms with Crippen molar-refractivity contribution in [2.24, 2.45) is 0 Å². The predicted molar refractivity (Wildman–Crippen MR) is 96.4 cm³/mol. The predicted octanol–water partition coefficient (Wildman–Crippen LogP) is 3.23. The Morgan fingerprint density at radius 3 is 2.84 bits per heavy atom. The Morgan fingerprint density at radius 2 is 2.04 bits per heavy atom. The summed E-state index contributed by atoms with van der Waals surface area (Å²) in [5, 5.41) is 2.91. The second-order valence-corrected chi connectivity index (χ2v) is 5.84. The first kappa shape index (κ1) is 17.0. The Morgan fingerprint density at radius 1 is 1.20 bits per heavy atom. The van der Waals surface area contributed by atoms with Gasteiger partial charge in [-0.2, -0.15) is 0 Å². The Bertz CT molecular complexity index is 902. The molecule has 1 aromatic carbocycles. The number of pyridine rings is 1. The summed E-state index contributed by atoms with van der Waals surface area (Å²) in [6.45, 7) is 4.85. The Labute approximate surface area is 146 Å². The van der Waals surface area contributed by atoms with Crippen LogP contribution in [-0.4, -0.2) is 35.6 Å². The quantitative estimate of drug-likeness (QED) is 0.700. The van der Waals surface area contributed by atoms with Gasteiger partial charge >= 0.3 is 0 Å². The molecular formula is C19H21N3O3. The number of methoxy groups -OCH3 is 1. The Balaban J connectivity index is 1.81. The molecule has 0 spiro atoms. The van der Waals surface area contributed by atoms with Crippen LogP contribution in [0.4, 0.5) is 5.69 Å². The van der Waals surface area contributed by atoms with Gasteiger partial charge < -0.3 is 19.2 Å². The fourth-order valence-corrected chi connectivity index (χ4v) is 2.53. The first-order chi connectivity index (χ1) is 12.1. The van der Waals surface area contributed by atoms with Crippen molar-refractivity contribution >= 4 is 17.2 Å². The molecule has 3 aromatic rings. The van der Waals surface area contributed by atoms with E-state index in [1.165, 1.54) is 0 Å². The number of rotatable bonds is 6. The van der Waals surface area contributed by atoms with Gasteiger partial charge in [0.1, 0.15) is 18.0 Å². The lowest BCUT2D eigenvalue weighted by Gasteiger charge is -2.13. The molecule has 0 atom stereocenters. The molecule has 0 saturated carbocycles. The number of aryl methyl sites for hydroxylation is 2. The molecule has 130 valence electrons. The third-order valence-corrected chi connectivity index (χ3v) is 3.89. The molecule has 6 heteroatoms. The molecule has 3 rings (SSSR count). The van der Waals surface area contributed by atoms with Crippen LogP contribution in [0, 0.1) is 13.8 Å². The number of fused-ring (bicyclic) bond motifs is 1. The lowest BCUT2D eigenvalue weighted by Crippen LogP contribution is -2.14. The summed E-state index contributed by atoms with van der Waals surface area (Å²) in [6, 6.07) is 9.21.